The van der Waals surface area contributed by atoms with Crippen LogP contribution in [0.1, 0.15) is 12.6 Å². The van der Waals surface area contributed by atoms with Crippen LogP contribution in [-0.2, 0) is 11.3 Å². The van der Waals surface area contributed by atoms with E-state index in [0.717, 1.165) is 36.9 Å². The number of anilines is 1. The lowest BCUT2D eigenvalue weighted by Gasteiger charge is -2.30. The molecule has 1 fully saturated rings. The van der Waals surface area contributed by atoms with Crippen LogP contribution in [0.5, 0.6) is 0 Å². The van der Waals surface area contributed by atoms with Gasteiger partial charge in [0.1, 0.15) is 10.7 Å². The van der Waals surface area contributed by atoms with E-state index in [1.165, 1.54) is 11.5 Å². The van der Waals surface area contributed by atoms with Crippen molar-refractivity contribution in [2.75, 3.05) is 25.4 Å². The fourth-order valence-corrected chi connectivity index (χ4v) is 2.01. The normalized spacial score (nSPS) is 23.9. The summed E-state index contributed by atoms with van der Waals surface area (Å²) in [6, 6.07) is 0. The molecule has 0 spiro atoms. The first kappa shape index (κ1) is 9.82. The number of morpholine rings is 1. The Kier molecular flexibility index (Phi) is 2.95. The molecule has 0 saturated carbocycles. The second kappa shape index (κ2) is 4.20. The average molecular weight is 214 g/mol. The summed E-state index contributed by atoms with van der Waals surface area (Å²) in [5.41, 5.74) is 6.62. The zero-order chi connectivity index (χ0) is 9.97. The SMILES string of the molecule is CC1CN(Cc2nnsc2N)CCO1. The molecule has 0 aromatic carbocycles. The largest absolute Gasteiger partial charge is 0.388 e. The highest BCUT2D eigenvalue weighted by molar-refractivity contribution is 7.09. The van der Waals surface area contributed by atoms with Gasteiger partial charge in [-0.15, -0.1) is 5.10 Å². The second-order valence-corrected chi connectivity index (χ2v) is 4.29. The van der Waals surface area contributed by atoms with Crippen molar-refractivity contribution in [2.24, 2.45) is 0 Å². The number of aromatic nitrogens is 2. The van der Waals surface area contributed by atoms with Crippen LogP contribution in [0, 0.1) is 0 Å². The lowest BCUT2D eigenvalue weighted by molar-refractivity contribution is -0.0215. The van der Waals surface area contributed by atoms with Crippen molar-refractivity contribution in [3.05, 3.63) is 5.69 Å². The molecule has 2 heterocycles. The lowest BCUT2D eigenvalue weighted by Crippen LogP contribution is -2.40. The van der Waals surface area contributed by atoms with Gasteiger partial charge in [0.15, 0.2) is 0 Å². The van der Waals surface area contributed by atoms with Crippen LogP contribution < -0.4 is 5.73 Å². The minimum Gasteiger partial charge on any atom is -0.388 e. The molecular formula is C8H14N4OS. The monoisotopic (exact) mass is 214 g/mol. The summed E-state index contributed by atoms with van der Waals surface area (Å²) in [6.07, 6.45) is 0.302. The Balaban J connectivity index is 1.94. The molecule has 1 unspecified atom stereocenters. The molecule has 5 nitrogen and oxygen atoms in total. The third-order valence-corrected chi connectivity index (χ3v) is 2.88. The zero-order valence-electron chi connectivity index (χ0n) is 8.14. The van der Waals surface area contributed by atoms with Crippen molar-refractivity contribution in [1.29, 1.82) is 0 Å². The minimum atomic E-state index is 0.302. The van der Waals surface area contributed by atoms with Gasteiger partial charge in [-0.25, -0.2) is 0 Å². The predicted molar refractivity (Wildman–Crippen MR) is 55.0 cm³/mol. The van der Waals surface area contributed by atoms with Gasteiger partial charge in [0.2, 0.25) is 0 Å². The minimum absolute atomic E-state index is 0.302. The summed E-state index contributed by atoms with van der Waals surface area (Å²) < 4.78 is 9.27. The Morgan fingerprint density at radius 3 is 3.21 bits per heavy atom. The Hall–Kier alpha value is -0.720. The Labute approximate surface area is 87.0 Å². The molecule has 0 amide bonds. The first-order valence-electron chi connectivity index (χ1n) is 4.66. The van der Waals surface area contributed by atoms with E-state index >= 15 is 0 Å². The molecule has 2 rings (SSSR count). The molecule has 0 bridgehead atoms. The van der Waals surface area contributed by atoms with Gasteiger partial charge in [0.05, 0.1) is 12.7 Å². The van der Waals surface area contributed by atoms with Crippen LogP contribution >= 0.6 is 11.5 Å². The van der Waals surface area contributed by atoms with Crippen LogP contribution in [0.3, 0.4) is 0 Å². The Morgan fingerprint density at radius 1 is 1.71 bits per heavy atom. The summed E-state index contributed by atoms with van der Waals surface area (Å²) in [5.74, 6) is 0. The van der Waals surface area contributed by atoms with E-state index in [4.69, 9.17) is 10.5 Å². The number of nitrogens with two attached hydrogens (primary N) is 1. The summed E-state index contributed by atoms with van der Waals surface area (Å²) in [6.45, 7) is 5.54. The van der Waals surface area contributed by atoms with E-state index in [1.807, 2.05) is 0 Å². The van der Waals surface area contributed by atoms with Crippen LogP contribution in [0.25, 0.3) is 0 Å². The third-order valence-electron chi connectivity index (χ3n) is 2.28. The topological polar surface area (TPSA) is 64.3 Å². The smallest absolute Gasteiger partial charge is 0.132 e. The van der Waals surface area contributed by atoms with Gasteiger partial charge < -0.3 is 10.5 Å². The molecule has 1 aliphatic rings. The molecular weight excluding hydrogens is 200 g/mol. The van der Waals surface area contributed by atoms with E-state index in [-0.39, 0.29) is 0 Å². The van der Waals surface area contributed by atoms with E-state index in [0.29, 0.717) is 6.10 Å². The van der Waals surface area contributed by atoms with Gasteiger partial charge >= 0.3 is 0 Å². The van der Waals surface area contributed by atoms with Crippen molar-refractivity contribution in [3.63, 3.8) is 0 Å². The van der Waals surface area contributed by atoms with Gasteiger partial charge in [-0.05, 0) is 6.92 Å². The zero-order valence-corrected chi connectivity index (χ0v) is 8.96. The van der Waals surface area contributed by atoms with Gasteiger partial charge in [0, 0.05) is 31.2 Å². The predicted octanol–water partition coefficient (Wildman–Crippen LogP) is 0.341. The fourth-order valence-electron chi connectivity index (χ4n) is 1.57. The standard InChI is InChI=1S/C8H14N4OS/c1-6-4-12(2-3-13-6)5-7-8(9)14-11-10-7/h6H,2-5,9H2,1H3. The first-order valence-corrected chi connectivity index (χ1v) is 5.43. The summed E-state index contributed by atoms with van der Waals surface area (Å²) in [5, 5.41) is 4.72. The number of hydrogen-bond donors (Lipinski definition) is 1. The molecule has 1 aromatic rings. The summed E-state index contributed by atoms with van der Waals surface area (Å²) in [7, 11) is 0. The second-order valence-electron chi connectivity index (χ2n) is 3.50. The Bertz CT molecular complexity index is 303. The van der Waals surface area contributed by atoms with E-state index in [9.17, 15) is 0 Å². The van der Waals surface area contributed by atoms with Crippen LogP contribution in [0.4, 0.5) is 5.00 Å². The maximum absolute atomic E-state index is 5.73. The molecule has 14 heavy (non-hydrogen) atoms. The van der Waals surface area contributed by atoms with Crippen molar-refractivity contribution >= 4 is 16.5 Å². The van der Waals surface area contributed by atoms with Gasteiger partial charge in [-0.3, -0.25) is 4.90 Å². The van der Waals surface area contributed by atoms with Crippen molar-refractivity contribution in [1.82, 2.24) is 14.5 Å². The van der Waals surface area contributed by atoms with E-state index < -0.39 is 0 Å². The average Bonchev–Trinajstić information content (AvgIpc) is 2.52. The highest BCUT2D eigenvalue weighted by Gasteiger charge is 2.18. The number of ether oxygens (including phenoxy) is 1. The van der Waals surface area contributed by atoms with Crippen molar-refractivity contribution in [3.8, 4) is 0 Å². The summed E-state index contributed by atoms with van der Waals surface area (Å²) >= 11 is 1.25. The van der Waals surface area contributed by atoms with E-state index in [2.05, 4.69) is 21.4 Å². The molecule has 1 aromatic heterocycles. The van der Waals surface area contributed by atoms with Gasteiger partial charge in [0.25, 0.3) is 0 Å². The molecule has 6 heteroatoms. The molecule has 1 atom stereocenters. The number of nitrogens with zero attached hydrogens (tertiary/aromatic N) is 3. The van der Waals surface area contributed by atoms with Gasteiger partial charge in [-0.2, -0.15) is 0 Å². The van der Waals surface area contributed by atoms with Crippen LogP contribution in [-0.4, -0.2) is 40.3 Å². The number of rotatable bonds is 2. The molecule has 1 aliphatic heterocycles. The lowest BCUT2D eigenvalue weighted by atomic mass is 10.3. The number of nitrogen functional groups attached to an aromatic ring is 1. The summed E-state index contributed by atoms with van der Waals surface area (Å²) in [4.78, 5) is 2.29. The van der Waals surface area contributed by atoms with Crippen LogP contribution in [0.15, 0.2) is 0 Å². The van der Waals surface area contributed by atoms with Crippen molar-refractivity contribution in [2.45, 2.75) is 19.6 Å². The third kappa shape index (κ3) is 2.20. The van der Waals surface area contributed by atoms with E-state index in [1.54, 1.807) is 0 Å². The molecule has 0 aliphatic carbocycles. The highest BCUT2D eigenvalue weighted by atomic mass is 32.1. The quantitative estimate of drug-likeness (QED) is 0.769. The maximum atomic E-state index is 5.73. The molecule has 2 N–H and O–H groups in total. The van der Waals surface area contributed by atoms with Crippen molar-refractivity contribution < 1.29 is 4.74 Å². The first-order chi connectivity index (χ1) is 6.75. The molecule has 0 radical (unpaired) electrons. The van der Waals surface area contributed by atoms with Gasteiger partial charge in [-0.1, -0.05) is 4.49 Å². The number of hydrogen-bond acceptors (Lipinski definition) is 6. The molecule has 78 valence electrons. The van der Waals surface area contributed by atoms with Crippen LogP contribution in [0.2, 0.25) is 0 Å². The molecule has 1 saturated heterocycles. The fraction of sp³-hybridized carbons (Fsp3) is 0.750. The Morgan fingerprint density at radius 2 is 2.57 bits per heavy atom. The maximum Gasteiger partial charge on any atom is 0.132 e. The highest BCUT2D eigenvalue weighted by Crippen LogP contribution is 2.16.